The molecule has 2 aromatic carbocycles. The Morgan fingerprint density at radius 3 is 2.41 bits per heavy atom. The molecule has 0 aromatic heterocycles. The molecule has 7 heteroatoms. The number of fused-ring (bicyclic) bond motifs is 1. The molecule has 3 rings (SSSR count). The van der Waals surface area contributed by atoms with Crippen LogP contribution in [0.4, 0.5) is 0 Å². The number of aliphatic carboxylic acids is 1. The molecule has 0 fully saturated rings. The monoisotopic (exact) mass is 438 g/mol. The minimum Gasteiger partial charge on any atom is -0.480 e. The Morgan fingerprint density at radius 2 is 1.75 bits per heavy atom. The lowest BCUT2D eigenvalue weighted by molar-refractivity contribution is -0.153. The molecule has 1 aliphatic rings. The molecular weight excluding hydrogens is 408 g/mol. The Kier molecular flexibility index (Phi) is 8.00. The Bertz CT molecular complexity index is 946. The molecule has 0 aliphatic carbocycles. The van der Waals surface area contributed by atoms with Crippen LogP contribution in [0.2, 0.25) is 0 Å². The first-order chi connectivity index (χ1) is 15.4. The third-order valence-electron chi connectivity index (χ3n) is 5.77. The van der Waals surface area contributed by atoms with Gasteiger partial charge in [-0.05, 0) is 43.4 Å². The van der Waals surface area contributed by atoms with Crippen molar-refractivity contribution in [1.29, 1.82) is 0 Å². The Balaban J connectivity index is 1.72. The van der Waals surface area contributed by atoms with E-state index in [1.807, 2.05) is 54.6 Å². The number of rotatable bonds is 9. The van der Waals surface area contributed by atoms with Crippen LogP contribution in [0, 0.1) is 0 Å². The number of aryl methyl sites for hydroxylation is 1. The van der Waals surface area contributed by atoms with E-state index in [1.165, 1.54) is 4.90 Å². The van der Waals surface area contributed by atoms with Crippen LogP contribution in [-0.2, 0) is 38.5 Å². The van der Waals surface area contributed by atoms with Crippen molar-refractivity contribution >= 4 is 17.8 Å². The number of hydrogen-bond donors (Lipinski definition) is 2. The van der Waals surface area contributed by atoms with E-state index >= 15 is 0 Å². The van der Waals surface area contributed by atoms with Crippen molar-refractivity contribution in [2.24, 2.45) is 0 Å². The summed E-state index contributed by atoms with van der Waals surface area (Å²) in [4.78, 5) is 39.1. The number of carbonyl (C=O) groups excluding carboxylic acids is 2. The second-order valence-electron chi connectivity index (χ2n) is 8.01. The number of esters is 1. The normalized spacial score (nSPS) is 17.2. The van der Waals surface area contributed by atoms with E-state index in [0.717, 1.165) is 16.7 Å². The van der Waals surface area contributed by atoms with E-state index in [-0.39, 0.29) is 25.5 Å². The van der Waals surface area contributed by atoms with Crippen LogP contribution in [0.15, 0.2) is 54.6 Å². The third-order valence-corrected chi connectivity index (χ3v) is 5.77. The van der Waals surface area contributed by atoms with Crippen LogP contribution >= 0.6 is 0 Å². The number of hydrogen-bond acceptors (Lipinski definition) is 5. The minimum absolute atomic E-state index is 0.228. The highest BCUT2D eigenvalue weighted by Gasteiger charge is 2.37. The summed E-state index contributed by atoms with van der Waals surface area (Å²) in [5.74, 6) is -1.80. The summed E-state index contributed by atoms with van der Waals surface area (Å²) in [5.41, 5.74) is 2.97. The smallest absolute Gasteiger partial charge is 0.326 e. The summed E-state index contributed by atoms with van der Waals surface area (Å²) in [7, 11) is 0. The average molecular weight is 439 g/mol. The molecule has 0 spiro atoms. The number of amides is 1. The summed E-state index contributed by atoms with van der Waals surface area (Å²) in [6.07, 6.45) is 1.37. The van der Waals surface area contributed by atoms with Crippen LogP contribution < -0.4 is 5.32 Å². The molecule has 7 nitrogen and oxygen atoms in total. The van der Waals surface area contributed by atoms with Crippen LogP contribution in [0.1, 0.15) is 37.0 Å². The largest absolute Gasteiger partial charge is 0.480 e. The van der Waals surface area contributed by atoms with Crippen molar-refractivity contribution in [2.75, 3.05) is 6.61 Å². The molecule has 0 radical (unpaired) electrons. The van der Waals surface area contributed by atoms with Crippen molar-refractivity contribution in [3.8, 4) is 0 Å². The summed E-state index contributed by atoms with van der Waals surface area (Å²) >= 11 is 0. The fourth-order valence-electron chi connectivity index (χ4n) is 4.06. The van der Waals surface area contributed by atoms with Crippen molar-refractivity contribution in [1.82, 2.24) is 10.2 Å². The van der Waals surface area contributed by atoms with Crippen LogP contribution in [-0.4, -0.2) is 52.6 Å². The highest BCUT2D eigenvalue weighted by Crippen LogP contribution is 2.24. The molecule has 3 atom stereocenters. The number of carbonyl (C=O) groups is 3. The average Bonchev–Trinajstić information content (AvgIpc) is 2.80. The fourth-order valence-corrected chi connectivity index (χ4v) is 4.06. The van der Waals surface area contributed by atoms with Crippen molar-refractivity contribution < 1.29 is 24.2 Å². The van der Waals surface area contributed by atoms with Gasteiger partial charge in [-0.15, -0.1) is 0 Å². The zero-order valence-electron chi connectivity index (χ0n) is 18.5. The first-order valence-corrected chi connectivity index (χ1v) is 11.0. The highest BCUT2D eigenvalue weighted by molar-refractivity contribution is 5.88. The zero-order valence-corrected chi connectivity index (χ0v) is 18.5. The fraction of sp³-hybridized carbons (Fsp3) is 0.400. The number of benzene rings is 2. The highest BCUT2D eigenvalue weighted by atomic mass is 16.5. The minimum atomic E-state index is -1.04. The number of carboxylic acid groups (broad SMARTS) is 1. The molecule has 1 amide bonds. The van der Waals surface area contributed by atoms with Crippen LogP contribution in [0.25, 0.3) is 0 Å². The predicted octanol–water partition coefficient (Wildman–Crippen LogP) is 2.57. The Morgan fingerprint density at radius 1 is 1.09 bits per heavy atom. The van der Waals surface area contributed by atoms with Gasteiger partial charge in [0.05, 0.1) is 12.6 Å². The second-order valence-corrected chi connectivity index (χ2v) is 8.01. The lowest BCUT2D eigenvalue weighted by atomic mass is 9.93. The van der Waals surface area contributed by atoms with E-state index < -0.39 is 30.1 Å². The number of carboxylic acids is 1. The molecule has 1 aliphatic heterocycles. The Labute approximate surface area is 188 Å². The standard InChI is InChI=1S/C25H30N2O5/c1-3-32-25(31)21(14-13-18-9-5-4-6-10-18)26-17(2)23(28)27-16-20-12-8-7-11-19(20)15-22(27)24(29)30/h4-12,17,21-22,26H,3,13-16H2,1-2H3,(H,29,30)/t17-,21+,22?/m1/s1. The van der Waals surface area contributed by atoms with Gasteiger partial charge in [-0.2, -0.15) is 0 Å². The topological polar surface area (TPSA) is 95.9 Å². The number of nitrogens with zero attached hydrogens (tertiary/aromatic N) is 1. The van der Waals surface area contributed by atoms with Crippen molar-refractivity contribution in [3.63, 3.8) is 0 Å². The SMILES string of the molecule is CCOC(=O)[C@H](CCc1ccccc1)N[C@H](C)C(=O)N1Cc2ccccc2CC1C(=O)O. The second kappa shape index (κ2) is 10.9. The maximum absolute atomic E-state index is 13.3. The molecule has 170 valence electrons. The van der Waals surface area contributed by atoms with Crippen LogP contribution in [0.5, 0.6) is 0 Å². The van der Waals surface area contributed by atoms with Gasteiger partial charge in [-0.25, -0.2) is 4.79 Å². The summed E-state index contributed by atoms with van der Waals surface area (Å²) in [5, 5.41) is 12.8. The molecule has 1 unspecified atom stereocenters. The van der Waals surface area contributed by atoms with E-state index in [1.54, 1.807) is 13.8 Å². The van der Waals surface area contributed by atoms with Gasteiger partial charge in [0.15, 0.2) is 0 Å². The molecule has 1 heterocycles. The van der Waals surface area contributed by atoms with Gasteiger partial charge in [0.2, 0.25) is 5.91 Å². The molecule has 0 bridgehead atoms. The summed E-state index contributed by atoms with van der Waals surface area (Å²) in [6.45, 7) is 3.88. The number of nitrogens with one attached hydrogen (secondary N) is 1. The Hall–Kier alpha value is -3.19. The quantitative estimate of drug-likeness (QED) is 0.584. The van der Waals surface area contributed by atoms with E-state index in [4.69, 9.17) is 4.74 Å². The molecular formula is C25H30N2O5. The van der Waals surface area contributed by atoms with Gasteiger partial charge in [-0.3, -0.25) is 14.9 Å². The van der Waals surface area contributed by atoms with Gasteiger partial charge in [0.1, 0.15) is 12.1 Å². The van der Waals surface area contributed by atoms with Gasteiger partial charge >= 0.3 is 11.9 Å². The van der Waals surface area contributed by atoms with Gasteiger partial charge in [0, 0.05) is 13.0 Å². The summed E-state index contributed by atoms with van der Waals surface area (Å²) in [6, 6.07) is 15.0. The van der Waals surface area contributed by atoms with Gasteiger partial charge in [-0.1, -0.05) is 54.6 Å². The van der Waals surface area contributed by atoms with Gasteiger partial charge < -0.3 is 14.7 Å². The summed E-state index contributed by atoms with van der Waals surface area (Å²) < 4.78 is 5.20. The molecule has 2 aromatic rings. The zero-order chi connectivity index (χ0) is 23.1. The van der Waals surface area contributed by atoms with E-state index in [2.05, 4.69) is 5.32 Å². The molecule has 2 N–H and O–H groups in total. The maximum atomic E-state index is 13.3. The number of ether oxygens (including phenoxy) is 1. The van der Waals surface area contributed by atoms with Crippen molar-refractivity contribution in [2.45, 2.75) is 57.8 Å². The molecule has 0 saturated heterocycles. The van der Waals surface area contributed by atoms with Gasteiger partial charge in [0.25, 0.3) is 0 Å². The first-order valence-electron chi connectivity index (χ1n) is 11.0. The third kappa shape index (κ3) is 5.73. The lowest BCUT2D eigenvalue weighted by Crippen LogP contribution is -2.56. The lowest BCUT2D eigenvalue weighted by Gasteiger charge is -2.36. The van der Waals surface area contributed by atoms with Crippen molar-refractivity contribution in [3.05, 3.63) is 71.3 Å². The molecule has 32 heavy (non-hydrogen) atoms. The van der Waals surface area contributed by atoms with E-state index in [9.17, 15) is 19.5 Å². The maximum Gasteiger partial charge on any atom is 0.326 e. The predicted molar refractivity (Wildman–Crippen MR) is 120 cm³/mol. The van der Waals surface area contributed by atoms with Crippen LogP contribution in [0.3, 0.4) is 0 Å². The van der Waals surface area contributed by atoms with E-state index in [0.29, 0.717) is 12.8 Å². The first kappa shape index (κ1) is 23.5. The molecule has 0 saturated carbocycles.